The number of halogens is 1. The fourth-order valence-corrected chi connectivity index (χ4v) is 1.38. The van der Waals surface area contributed by atoms with Crippen LogP contribution in [0, 0.1) is 5.82 Å². The Balaban J connectivity index is 2.37. The fraction of sp³-hybridized carbons (Fsp3) is 0. The number of carbonyl (C=O) groups is 1. The Kier molecular flexibility index (Phi) is 3.05. The molecule has 0 bridgehead atoms. The molecule has 2 aromatic rings. The maximum Gasteiger partial charge on any atom is 0.339 e. The lowest BCUT2D eigenvalue weighted by Gasteiger charge is -2.08. The van der Waals surface area contributed by atoms with Crippen molar-refractivity contribution in [2.75, 3.05) is 0 Å². The Morgan fingerprint density at radius 1 is 1.00 bits per heavy atom. The van der Waals surface area contributed by atoms with Crippen molar-refractivity contribution in [3.8, 4) is 11.5 Å². The predicted molar refractivity (Wildman–Crippen MR) is 59.9 cm³/mol. The second-order valence-corrected chi connectivity index (χ2v) is 3.33. The van der Waals surface area contributed by atoms with Gasteiger partial charge in [-0.25, -0.2) is 9.18 Å². The summed E-state index contributed by atoms with van der Waals surface area (Å²) >= 11 is 0. The Morgan fingerprint density at radius 3 is 2.24 bits per heavy atom. The van der Waals surface area contributed by atoms with Crippen LogP contribution < -0.4 is 4.74 Å². The van der Waals surface area contributed by atoms with Crippen LogP contribution in [0.25, 0.3) is 0 Å². The van der Waals surface area contributed by atoms with Gasteiger partial charge >= 0.3 is 5.97 Å². The largest absolute Gasteiger partial charge is 0.478 e. The molecule has 0 saturated carbocycles. The highest BCUT2D eigenvalue weighted by Crippen LogP contribution is 2.26. The van der Waals surface area contributed by atoms with Gasteiger partial charge in [-0.1, -0.05) is 24.3 Å². The number of benzene rings is 2. The van der Waals surface area contributed by atoms with Crippen LogP contribution in [0.1, 0.15) is 10.4 Å². The molecule has 4 heteroatoms. The summed E-state index contributed by atoms with van der Waals surface area (Å²) in [7, 11) is 0. The van der Waals surface area contributed by atoms with E-state index >= 15 is 0 Å². The molecule has 0 radical (unpaired) electrons. The third-order valence-electron chi connectivity index (χ3n) is 2.17. The molecule has 3 nitrogen and oxygen atoms in total. The monoisotopic (exact) mass is 232 g/mol. The van der Waals surface area contributed by atoms with Crippen molar-refractivity contribution in [2.24, 2.45) is 0 Å². The number of hydrogen-bond acceptors (Lipinski definition) is 2. The molecule has 0 aromatic heterocycles. The molecule has 0 atom stereocenters. The summed E-state index contributed by atoms with van der Waals surface area (Å²) in [5.74, 6) is -1.53. The second-order valence-electron chi connectivity index (χ2n) is 3.33. The van der Waals surface area contributed by atoms with Crippen molar-refractivity contribution >= 4 is 5.97 Å². The first-order valence-corrected chi connectivity index (χ1v) is 4.93. The molecule has 0 heterocycles. The molecule has 0 fully saturated rings. The minimum absolute atomic E-state index is 0.00111. The van der Waals surface area contributed by atoms with Crippen molar-refractivity contribution in [1.29, 1.82) is 0 Å². The quantitative estimate of drug-likeness (QED) is 0.882. The molecule has 0 aliphatic heterocycles. The number of hydrogen-bond donors (Lipinski definition) is 1. The van der Waals surface area contributed by atoms with Gasteiger partial charge in [0.1, 0.15) is 11.3 Å². The average molecular weight is 232 g/mol. The van der Waals surface area contributed by atoms with Gasteiger partial charge in [0.05, 0.1) is 0 Å². The van der Waals surface area contributed by atoms with Gasteiger partial charge in [-0.05, 0) is 24.3 Å². The third-order valence-corrected chi connectivity index (χ3v) is 2.17. The molecule has 0 amide bonds. The van der Waals surface area contributed by atoms with E-state index in [9.17, 15) is 9.18 Å². The van der Waals surface area contributed by atoms with Crippen molar-refractivity contribution in [2.45, 2.75) is 0 Å². The van der Waals surface area contributed by atoms with E-state index in [1.165, 1.54) is 30.3 Å². The molecule has 0 aliphatic rings. The summed E-state index contributed by atoms with van der Waals surface area (Å²) in [6.45, 7) is 0. The van der Waals surface area contributed by atoms with E-state index in [1.54, 1.807) is 18.2 Å². The molecule has 0 spiro atoms. The van der Waals surface area contributed by atoms with Crippen LogP contribution in [0.2, 0.25) is 0 Å². The molecule has 2 rings (SSSR count). The highest BCUT2D eigenvalue weighted by atomic mass is 19.1. The van der Waals surface area contributed by atoms with E-state index in [0.29, 0.717) is 0 Å². The van der Waals surface area contributed by atoms with Crippen LogP contribution in [0.4, 0.5) is 4.39 Å². The molecule has 0 saturated heterocycles. The number of ether oxygens (including phenoxy) is 1. The molecule has 1 N–H and O–H groups in total. The topological polar surface area (TPSA) is 46.5 Å². The zero-order chi connectivity index (χ0) is 12.3. The Bertz CT molecular complexity index is 552. The Labute approximate surface area is 97.1 Å². The van der Waals surface area contributed by atoms with Crippen molar-refractivity contribution in [3.63, 3.8) is 0 Å². The van der Waals surface area contributed by atoms with Crippen LogP contribution in [-0.2, 0) is 0 Å². The van der Waals surface area contributed by atoms with Crippen LogP contribution in [0.3, 0.4) is 0 Å². The van der Waals surface area contributed by atoms with Gasteiger partial charge in [-0.3, -0.25) is 0 Å². The van der Waals surface area contributed by atoms with E-state index in [2.05, 4.69) is 0 Å². The molecule has 86 valence electrons. The van der Waals surface area contributed by atoms with Crippen molar-refractivity contribution in [3.05, 3.63) is 59.9 Å². The summed E-state index contributed by atoms with van der Waals surface area (Å²) in [6.07, 6.45) is 0. The van der Waals surface area contributed by atoms with Gasteiger partial charge in [-0.15, -0.1) is 0 Å². The highest BCUT2D eigenvalue weighted by molar-refractivity contribution is 5.90. The number of carboxylic acid groups (broad SMARTS) is 1. The molecular weight excluding hydrogens is 223 g/mol. The Morgan fingerprint density at radius 2 is 1.59 bits per heavy atom. The molecule has 0 unspecified atom stereocenters. The maximum absolute atomic E-state index is 13.3. The SMILES string of the molecule is O=C(O)c1ccccc1Oc1ccccc1F. The van der Waals surface area contributed by atoms with Crippen LogP contribution in [-0.4, -0.2) is 11.1 Å². The first-order valence-electron chi connectivity index (χ1n) is 4.93. The summed E-state index contributed by atoms with van der Waals surface area (Å²) in [5.41, 5.74) is -0.00393. The number of carboxylic acids is 1. The Hall–Kier alpha value is -2.36. The zero-order valence-corrected chi connectivity index (χ0v) is 8.76. The zero-order valence-electron chi connectivity index (χ0n) is 8.76. The van der Waals surface area contributed by atoms with Gasteiger partial charge in [0.2, 0.25) is 0 Å². The second kappa shape index (κ2) is 4.65. The van der Waals surface area contributed by atoms with E-state index in [1.807, 2.05) is 0 Å². The average Bonchev–Trinajstić information content (AvgIpc) is 2.32. The van der Waals surface area contributed by atoms with Gasteiger partial charge in [-0.2, -0.15) is 0 Å². The van der Waals surface area contributed by atoms with E-state index < -0.39 is 11.8 Å². The van der Waals surface area contributed by atoms with Crippen LogP contribution in [0.5, 0.6) is 11.5 Å². The van der Waals surface area contributed by atoms with E-state index in [-0.39, 0.29) is 17.1 Å². The van der Waals surface area contributed by atoms with Crippen LogP contribution >= 0.6 is 0 Å². The van der Waals surface area contributed by atoms with Gasteiger partial charge in [0.25, 0.3) is 0 Å². The summed E-state index contributed by atoms with van der Waals surface area (Å²) in [6, 6.07) is 11.9. The van der Waals surface area contributed by atoms with Gasteiger partial charge in [0, 0.05) is 0 Å². The normalized spacial score (nSPS) is 9.94. The van der Waals surface area contributed by atoms with Crippen molar-refractivity contribution in [1.82, 2.24) is 0 Å². The number of aromatic carboxylic acids is 1. The fourth-order valence-electron chi connectivity index (χ4n) is 1.38. The lowest BCUT2D eigenvalue weighted by molar-refractivity contribution is 0.0694. The molecule has 2 aromatic carbocycles. The standard InChI is InChI=1S/C13H9FO3/c14-10-6-2-4-8-12(10)17-11-7-3-1-5-9(11)13(15)16/h1-8H,(H,15,16). The summed E-state index contributed by atoms with van der Waals surface area (Å²) in [4.78, 5) is 10.9. The van der Waals surface area contributed by atoms with Gasteiger partial charge < -0.3 is 9.84 Å². The minimum Gasteiger partial charge on any atom is -0.478 e. The highest BCUT2D eigenvalue weighted by Gasteiger charge is 2.12. The van der Waals surface area contributed by atoms with Gasteiger partial charge in [0.15, 0.2) is 11.6 Å². The first-order chi connectivity index (χ1) is 8.18. The first kappa shape index (κ1) is 11.1. The lowest BCUT2D eigenvalue weighted by Crippen LogP contribution is -2.00. The lowest BCUT2D eigenvalue weighted by atomic mass is 10.2. The summed E-state index contributed by atoms with van der Waals surface area (Å²) < 4.78 is 18.6. The van der Waals surface area contributed by atoms with E-state index in [0.717, 1.165) is 0 Å². The number of para-hydroxylation sites is 2. The van der Waals surface area contributed by atoms with Crippen molar-refractivity contribution < 1.29 is 19.0 Å². The smallest absolute Gasteiger partial charge is 0.339 e. The number of rotatable bonds is 3. The third kappa shape index (κ3) is 2.42. The minimum atomic E-state index is -1.11. The van der Waals surface area contributed by atoms with Crippen LogP contribution in [0.15, 0.2) is 48.5 Å². The maximum atomic E-state index is 13.3. The predicted octanol–water partition coefficient (Wildman–Crippen LogP) is 3.32. The molecule has 0 aliphatic carbocycles. The molecule has 17 heavy (non-hydrogen) atoms. The summed E-state index contributed by atoms with van der Waals surface area (Å²) in [5, 5.41) is 8.94. The van der Waals surface area contributed by atoms with E-state index in [4.69, 9.17) is 9.84 Å². The molecular formula is C13H9FO3.